The first-order valence-electron chi connectivity index (χ1n) is 4.47. The number of carbonyl (C=O) groups is 1. The standard InChI is InChI=1S/C11H10BrNO2/c1-3-15-11-9(6-13)4-8(7(2)14)5-10(11)12/h4-5H,3H2,1-2H3. The van der Waals surface area contributed by atoms with Crippen molar-refractivity contribution in [3.8, 4) is 11.8 Å². The summed E-state index contributed by atoms with van der Waals surface area (Å²) in [7, 11) is 0. The largest absolute Gasteiger partial charge is 0.491 e. The summed E-state index contributed by atoms with van der Waals surface area (Å²) in [4.78, 5) is 11.2. The van der Waals surface area contributed by atoms with Gasteiger partial charge in [0.1, 0.15) is 6.07 Å². The molecule has 0 heterocycles. The molecule has 3 nitrogen and oxygen atoms in total. The van der Waals surface area contributed by atoms with E-state index in [0.29, 0.717) is 28.0 Å². The van der Waals surface area contributed by atoms with Crippen LogP contribution in [-0.2, 0) is 0 Å². The average molecular weight is 268 g/mol. The van der Waals surface area contributed by atoms with E-state index in [1.807, 2.05) is 13.0 Å². The fourth-order valence-electron chi connectivity index (χ4n) is 1.17. The molecule has 0 aromatic heterocycles. The minimum atomic E-state index is -0.0738. The maximum Gasteiger partial charge on any atom is 0.159 e. The van der Waals surface area contributed by atoms with E-state index in [4.69, 9.17) is 10.00 Å². The molecule has 0 radical (unpaired) electrons. The molecule has 1 aromatic rings. The Hall–Kier alpha value is -1.34. The molecule has 15 heavy (non-hydrogen) atoms. The zero-order chi connectivity index (χ0) is 11.4. The van der Waals surface area contributed by atoms with Gasteiger partial charge in [0.05, 0.1) is 16.6 Å². The van der Waals surface area contributed by atoms with Gasteiger partial charge in [0.15, 0.2) is 11.5 Å². The van der Waals surface area contributed by atoms with E-state index in [1.54, 1.807) is 6.07 Å². The van der Waals surface area contributed by atoms with Gasteiger partial charge in [-0.2, -0.15) is 5.26 Å². The second-order valence-corrected chi connectivity index (χ2v) is 3.79. The highest BCUT2D eigenvalue weighted by atomic mass is 79.9. The Bertz CT molecular complexity index is 435. The molecule has 0 unspecified atom stereocenters. The molecule has 0 amide bonds. The molecule has 0 spiro atoms. The first kappa shape index (κ1) is 11.7. The van der Waals surface area contributed by atoms with Crippen LogP contribution in [0.1, 0.15) is 29.8 Å². The summed E-state index contributed by atoms with van der Waals surface area (Å²) in [5.74, 6) is 0.417. The van der Waals surface area contributed by atoms with Gasteiger partial charge in [0.2, 0.25) is 0 Å². The van der Waals surface area contributed by atoms with Crippen LogP contribution in [0.3, 0.4) is 0 Å². The van der Waals surface area contributed by atoms with Crippen LogP contribution in [0.2, 0.25) is 0 Å². The molecule has 0 fully saturated rings. The van der Waals surface area contributed by atoms with E-state index in [0.717, 1.165) is 0 Å². The van der Waals surface area contributed by atoms with Crippen molar-refractivity contribution < 1.29 is 9.53 Å². The van der Waals surface area contributed by atoms with Crippen molar-refractivity contribution in [2.75, 3.05) is 6.61 Å². The quantitative estimate of drug-likeness (QED) is 0.792. The van der Waals surface area contributed by atoms with Crippen LogP contribution >= 0.6 is 15.9 Å². The first-order valence-corrected chi connectivity index (χ1v) is 5.26. The molecule has 0 saturated heterocycles. The van der Waals surface area contributed by atoms with Crippen molar-refractivity contribution in [1.29, 1.82) is 5.26 Å². The highest BCUT2D eigenvalue weighted by Gasteiger charge is 2.12. The molecule has 78 valence electrons. The predicted molar refractivity (Wildman–Crippen MR) is 60.0 cm³/mol. The van der Waals surface area contributed by atoms with Crippen LogP contribution in [0.5, 0.6) is 5.75 Å². The van der Waals surface area contributed by atoms with E-state index in [-0.39, 0.29) is 5.78 Å². The Morgan fingerprint density at radius 1 is 1.60 bits per heavy atom. The number of rotatable bonds is 3. The molecule has 0 aliphatic carbocycles. The third-order valence-corrected chi connectivity index (χ3v) is 2.45. The highest BCUT2D eigenvalue weighted by molar-refractivity contribution is 9.10. The molecular formula is C11H10BrNO2. The predicted octanol–water partition coefficient (Wildman–Crippen LogP) is 2.92. The Balaban J connectivity index is 3.32. The lowest BCUT2D eigenvalue weighted by Crippen LogP contribution is -1.99. The SMILES string of the molecule is CCOc1c(Br)cc(C(C)=O)cc1C#N. The van der Waals surface area contributed by atoms with Crippen LogP contribution in [0.15, 0.2) is 16.6 Å². The van der Waals surface area contributed by atoms with Crippen molar-refractivity contribution in [3.63, 3.8) is 0 Å². The lowest BCUT2D eigenvalue weighted by atomic mass is 10.1. The summed E-state index contributed by atoms with van der Waals surface area (Å²) in [6.45, 7) is 3.78. The lowest BCUT2D eigenvalue weighted by Gasteiger charge is -2.08. The molecule has 1 aromatic carbocycles. The van der Waals surface area contributed by atoms with Gasteiger partial charge < -0.3 is 4.74 Å². The Morgan fingerprint density at radius 3 is 2.73 bits per heavy atom. The van der Waals surface area contributed by atoms with Crippen LogP contribution in [0, 0.1) is 11.3 Å². The van der Waals surface area contributed by atoms with Crippen LogP contribution in [0.25, 0.3) is 0 Å². The Kier molecular flexibility index (Phi) is 3.87. The summed E-state index contributed by atoms with van der Waals surface area (Å²) < 4.78 is 5.95. The number of ketones is 1. The van der Waals surface area contributed by atoms with Gasteiger partial charge in [0, 0.05) is 5.56 Å². The van der Waals surface area contributed by atoms with Gasteiger partial charge in [-0.15, -0.1) is 0 Å². The molecule has 0 bridgehead atoms. The van der Waals surface area contributed by atoms with Gasteiger partial charge in [0.25, 0.3) is 0 Å². The summed E-state index contributed by atoms with van der Waals surface area (Å²) in [5, 5.41) is 8.91. The minimum absolute atomic E-state index is 0.0738. The fourth-order valence-corrected chi connectivity index (χ4v) is 1.75. The normalized spacial score (nSPS) is 9.47. The number of halogens is 1. The lowest BCUT2D eigenvalue weighted by molar-refractivity contribution is 0.101. The monoisotopic (exact) mass is 267 g/mol. The molecule has 4 heteroatoms. The average Bonchev–Trinajstić information content (AvgIpc) is 2.20. The zero-order valence-electron chi connectivity index (χ0n) is 8.50. The highest BCUT2D eigenvalue weighted by Crippen LogP contribution is 2.30. The molecule has 0 N–H and O–H groups in total. The molecule has 1 rings (SSSR count). The molecular weight excluding hydrogens is 258 g/mol. The van der Waals surface area contributed by atoms with Gasteiger partial charge in [-0.25, -0.2) is 0 Å². The topological polar surface area (TPSA) is 50.1 Å². The first-order chi connectivity index (χ1) is 7.10. The van der Waals surface area contributed by atoms with Crippen LogP contribution in [0.4, 0.5) is 0 Å². The van der Waals surface area contributed by atoms with Crippen molar-refractivity contribution in [2.45, 2.75) is 13.8 Å². The number of ether oxygens (including phenoxy) is 1. The minimum Gasteiger partial charge on any atom is -0.491 e. The number of nitrogens with zero attached hydrogens (tertiary/aromatic N) is 1. The summed E-state index contributed by atoms with van der Waals surface area (Å²) in [6.07, 6.45) is 0. The number of nitriles is 1. The molecule has 0 atom stereocenters. The number of hydrogen-bond donors (Lipinski definition) is 0. The molecule has 0 saturated carbocycles. The third-order valence-electron chi connectivity index (χ3n) is 1.86. The number of hydrogen-bond acceptors (Lipinski definition) is 3. The van der Waals surface area contributed by atoms with E-state index in [1.165, 1.54) is 13.0 Å². The van der Waals surface area contributed by atoms with E-state index in [2.05, 4.69) is 15.9 Å². The Labute approximate surface area is 96.8 Å². The van der Waals surface area contributed by atoms with Gasteiger partial charge in [-0.05, 0) is 41.9 Å². The summed E-state index contributed by atoms with van der Waals surface area (Å²) >= 11 is 3.28. The van der Waals surface area contributed by atoms with Gasteiger partial charge in [-0.3, -0.25) is 4.79 Å². The fraction of sp³-hybridized carbons (Fsp3) is 0.273. The van der Waals surface area contributed by atoms with E-state index in [9.17, 15) is 4.79 Å². The number of carbonyl (C=O) groups excluding carboxylic acids is 1. The van der Waals surface area contributed by atoms with Crippen molar-refractivity contribution in [3.05, 3.63) is 27.7 Å². The molecule has 0 aliphatic rings. The maximum absolute atomic E-state index is 11.2. The number of Topliss-reactive ketones (excluding diaryl/α,β-unsaturated/α-hetero) is 1. The van der Waals surface area contributed by atoms with Gasteiger partial charge in [-0.1, -0.05) is 0 Å². The van der Waals surface area contributed by atoms with Crippen molar-refractivity contribution in [2.24, 2.45) is 0 Å². The second-order valence-electron chi connectivity index (χ2n) is 2.94. The smallest absolute Gasteiger partial charge is 0.159 e. The summed E-state index contributed by atoms with van der Waals surface area (Å²) in [5.41, 5.74) is 0.873. The van der Waals surface area contributed by atoms with Crippen LogP contribution in [-0.4, -0.2) is 12.4 Å². The van der Waals surface area contributed by atoms with Crippen LogP contribution < -0.4 is 4.74 Å². The molecule has 0 aliphatic heterocycles. The van der Waals surface area contributed by atoms with Crippen molar-refractivity contribution >= 4 is 21.7 Å². The number of benzene rings is 1. The van der Waals surface area contributed by atoms with E-state index >= 15 is 0 Å². The van der Waals surface area contributed by atoms with E-state index < -0.39 is 0 Å². The third kappa shape index (κ3) is 2.57. The maximum atomic E-state index is 11.2. The Morgan fingerprint density at radius 2 is 2.27 bits per heavy atom. The van der Waals surface area contributed by atoms with Crippen molar-refractivity contribution in [1.82, 2.24) is 0 Å². The second kappa shape index (κ2) is 4.94. The zero-order valence-corrected chi connectivity index (χ0v) is 10.1. The summed E-state index contributed by atoms with van der Waals surface area (Å²) in [6, 6.07) is 5.21. The van der Waals surface area contributed by atoms with Gasteiger partial charge >= 0.3 is 0 Å².